The molecule has 23 heavy (non-hydrogen) atoms. The third-order valence-corrected chi connectivity index (χ3v) is 4.99. The summed E-state index contributed by atoms with van der Waals surface area (Å²) in [6, 6.07) is -0.733. The molecule has 2 saturated heterocycles. The summed E-state index contributed by atoms with van der Waals surface area (Å²) in [5, 5.41) is 22.0. The molecule has 0 saturated carbocycles. The van der Waals surface area contributed by atoms with Crippen LogP contribution < -0.4 is 5.32 Å². The number of piperazine rings is 1. The first-order chi connectivity index (χ1) is 10.8. The summed E-state index contributed by atoms with van der Waals surface area (Å²) >= 11 is 0. The van der Waals surface area contributed by atoms with Crippen LogP contribution >= 0.6 is 0 Å². The minimum absolute atomic E-state index is 0.0267. The SMILES string of the molecule is CC(C)C(=O)N1CC[N+](CC(=O)O)(C(C(=O)O)C2CNC2)CC1. The lowest BCUT2D eigenvalue weighted by atomic mass is 9.89. The van der Waals surface area contributed by atoms with E-state index in [2.05, 4.69) is 5.32 Å². The molecule has 2 aliphatic rings. The van der Waals surface area contributed by atoms with Crippen molar-refractivity contribution in [2.45, 2.75) is 19.9 Å². The van der Waals surface area contributed by atoms with Crippen molar-refractivity contribution in [2.75, 3.05) is 45.8 Å². The van der Waals surface area contributed by atoms with Gasteiger partial charge in [-0.25, -0.2) is 9.59 Å². The molecule has 0 bridgehead atoms. The monoisotopic (exact) mass is 328 g/mol. The van der Waals surface area contributed by atoms with E-state index in [9.17, 15) is 24.6 Å². The van der Waals surface area contributed by atoms with Crippen molar-refractivity contribution in [3.8, 4) is 0 Å². The molecular formula is C15H26N3O5+. The third-order valence-electron chi connectivity index (χ3n) is 4.99. The Kier molecular flexibility index (Phi) is 5.26. The highest BCUT2D eigenvalue weighted by Crippen LogP contribution is 2.27. The van der Waals surface area contributed by atoms with Crippen LogP contribution in [0.15, 0.2) is 0 Å². The quantitative estimate of drug-likeness (QED) is 0.543. The Morgan fingerprint density at radius 3 is 2.09 bits per heavy atom. The molecule has 2 aliphatic heterocycles. The Bertz CT molecular complexity index is 482. The van der Waals surface area contributed by atoms with E-state index in [0.29, 0.717) is 39.3 Å². The topological polar surface area (TPSA) is 107 Å². The molecule has 2 rings (SSSR count). The molecule has 0 aromatic carbocycles. The van der Waals surface area contributed by atoms with Gasteiger partial charge in [-0.15, -0.1) is 0 Å². The van der Waals surface area contributed by atoms with Crippen LogP contribution in [0.25, 0.3) is 0 Å². The number of aliphatic carboxylic acids is 2. The number of hydrogen-bond donors (Lipinski definition) is 3. The zero-order valence-corrected chi connectivity index (χ0v) is 13.7. The average molecular weight is 328 g/mol. The van der Waals surface area contributed by atoms with Gasteiger partial charge in [-0.05, 0) is 0 Å². The fourth-order valence-electron chi connectivity index (χ4n) is 3.67. The van der Waals surface area contributed by atoms with Crippen molar-refractivity contribution in [1.29, 1.82) is 0 Å². The van der Waals surface area contributed by atoms with E-state index in [4.69, 9.17) is 0 Å². The maximum Gasteiger partial charge on any atom is 0.362 e. The van der Waals surface area contributed by atoms with Gasteiger partial charge in [0.25, 0.3) is 0 Å². The molecule has 8 nitrogen and oxygen atoms in total. The molecule has 0 spiro atoms. The van der Waals surface area contributed by atoms with E-state index in [1.165, 1.54) is 0 Å². The molecular weight excluding hydrogens is 302 g/mol. The number of carbonyl (C=O) groups is 3. The summed E-state index contributed by atoms with van der Waals surface area (Å²) in [5.74, 6) is -2.07. The molecule has 0 aromatic heterocycles. The number of amides is 1. The van der Waals surface area contributed by atoms with Gasteiger partial charge in [0, 0.05) is 24.9 Å². The first-order valence-corrected chi connectivity index (χ1v) is 8.07. The highest BCUT2D eigenvalue weighted by molar-refractivity contribution is 5.78. The highest BCUT2D eigenvalue weighted by atomic mass is 16.4. The van der Waals surface area contributed by atoms with Gasteiger partial charge in [0.1, 0.15) is 0 Å². The maximum absolute atomic E-state index is 12.1. The lowest BCUT2D eigenvalue weighted by Gasteiger charge is -2.50. The first-order valence-electron chi connectivity index (χ1n) is 8.07. The van der Waals surface area contributed by atoms with Crippen molar-refractivity contribution in [3.05, 3.63) is 0 Å². The first kappa shape index (κ1) is 17.7. The minimum Gasteiger partial charge on any atom is -0.477 e. The van der Waals surface area contributed by atoms with Gasteiger partial charge >= 0.3 is 11.9 Å². The Hall–Kier alpha value is -1.67. The molecule has 2 fully saturated rings. The molecule has 3 N–H and O–H groups in total. The zero-order chi connectivity index (χ0) is 17.2. The second-order valence-electron chi connectivity index (χ2n) is 6.90. The highest BCUT2D eigenvalue weighted by Gasteiger charge is 2.51. The number of carboxylic acids is 2. The van der Waals surface area contributed by atoms with Crippen LogP contribution in [0, 0.1) is 11.8 Å². The number of quaternary nitrogens is 1. The van der Waals surface area contributed by atoms with E-state index in [1.54, 1.807) is 4.90 Å². The maximum atomic E-state index is 12.1. The number of nitrogens with zero attached hydrogens (tertiary/aromatic N) is 2. The lowest BCUT2D eigenvalue weighted by Crippen LogP contribution is -2.72. The number of hydrogen-bond acceptors (Lipinski definition) is 4. The van der Waals surface area contributed by atoms with E-state index < -0.39 is 18.0 Å². The second-order valence-corrected chi connectivity index (χ2v) is 6.90. The van der Waals surface area contributed by atoms with Crippen molar-refractivity contribution in [1.82, 2.24) is 10.2 Å². The van der Waals surface area contributed by atoms with E-state index in [1.807, 2.05) is 13.8 Å². The molecule has 1 unspecified atom stereocenters. The average Bonchev–Trinajstić information content (AvgIpc) is 2.41. The lowest BCUT2D eigenvalue weighted by molar-refractivity contribution is -0.943. The van der Waals surface area contributed by atoms with Crippen molar-refractivity contribution in [2.24, 2.45) is 11.8 Å². The fourth-order valence-corrected chi connectivity index (χ4v) is 3.67. The van der Waals surface area contributed by atoms with Gasteiger partial charge in [-0.2, -0.15) is 0 Å². The Labute approximate surface area is 135 Å². The number of nitrogens with one attached hydrogen (secondary N) is 1. The smallest absolute Gasteiger partial charge is 0.362 e. The van der Waals surface area contributed by atoms with Crippen molar-refractivity contribution in [3.63, 3.8) is 0 Å². The predicted octanol–water partition coefficient (Wildman–Crippen LogP) is -0.941. The summed E-state index contributed by atoms with van der Waals surface area (Å²) < 4.78 is 0.0267. The zero-order valence-electron chi connectivity index (χ0n) is 13.7. The van der Waals surface area contributed by atoms with Crippen LogP contribution in [0.4, 0.5) is 0 Å². The number of carbonyl (C=O) groups excluding carboxylic acids is 1. The van der Waals surface area contributed by atoms with Crippen LogP contribution in [-0.2, 0) is 14.4 Å². The van der Waals surface area contributed by atoms with Gasteiger partial charge in [0.2, 0.25) is 5.91 Å². The summed E-state index contributed by atoms with van der Waals surface area (Å²) in [6.07, 6.45) is 0. The molecule has 130 valence electrons. The van der Waals surface area contributed by atoms with Gasteiger partial charge in [-0.3, -0.25) is 9.28 Å². The van der Waals surface area contributed by atoms with Gasteiger partial charge in [-0.1, -0.05) is 13.8 Å². The molecule has 0 radical (unpaired) electrons. The molecule has 0 aliphatic carbocycles. The van der Waals surface area contributed by atoms with E-state index in [-0.39, 0.29) is 28.8 Å². The predicted molar refractivity (Wildman–Crippen MR) is 81.7 cm³/mol. The standard InChI is InChI=1S/C15H25N3O5/c1-10(2)14(21)17-3-5-18(6-4-17,9-12(19)20)13(15(22)23)11-7-16-8-11/h10-11,13,16H,3-9H2,1-2H3,(H-,19,20,22,23)/p+1. The van der Waals surface area contributed by atoms with E-state index in [0.717, 1.165) is 0 Å². The summed E-state index contributed by atoms with van der Waals surface area (Å²) in [5.41, 5.74) is 0. The van der Waals surface area contributed by atoms with Gasteiger partial charge < -0.3 is 20.4 Å². The largest absolute Gasteiger partial charge is 0.477 e. The van der Waals surface area contributed by atoms with Crippen LogP contribution in [0.5, 0.6) is 0 Å². The molecule has 1 atom stereocenters. The van der Waals surface area contributed by atoms with Gasteiger partial charge in [0.15, 0.2) is 12.6 Å². The second kappa shape index (κ2) is 6.84. The van der Waals surface area contributed by atoms with Crippen molar-refractivity contribution >= 4 is 17.8 Å². The third kappa shape index (κ3) is 3.64. The van der Waals surface area contributed by atoms with Crippen LogP contribution in [0.1, 0.15) is 13.8 Å². The molecule has 8 heteroatoms. The van der Waals surface area contributed by atoms with Crippen LogP contribution in [0.3, 0.4) is 0 Å². The minimum atomic E-state index is -0.993. The Balaban J connectivity index is 2.19. The summed E-state index contributed by atoms with van der Waals surface area (Å²) in [7, 11) is 0. The summed E-state index contributed by atoms with van der Waals surface area (Å²) in [4.78, 5) is 37.0. The fraction of sp³-hybridized carbons (Fsp3) is 0.800. The molecule has 0 aromatic rings. The van der Waals surface area contributed by atoms with Crippen molar-refractivity contribution < 1.29 is 29.1 Å². The number of rotatable bonds is 6. The number of carboxylic acid groups (broad SMARTS) is 2. The molecule has 1 amide bonds. The normalized spacial score (nSPS) is 22.5. The Morgan fingerprint density at radius 2 is 1.74 bits per heavy atom. The molecule has 2 heterocycles. The van der Waals surface area contributed by atoms with Crippen LogP contribution in [-0.4, -0.2) is 89.3 Å². The van der Waals surface area contributed by atoms with Crippen LogP contribution in [0.2, 0.25) is 0 Å². The summed E-state index contributed by atoms with van der Waals surface area (Å²) in [6.45, 7) is 6.22. The van der Waals surface area contributed by atoms with E-state index >= 15 is 0 Å². The van der Waals surface area contributed by atoms with Gasteiger partial charge in [0.05, 0.1) is 26.2 Å². The Morgan fingerprint density at radius 1 is 1.17 bits per heavy atom.